The van der Waals surface area contributed by atoms with Crippen molar-refractivity contribution in [1.29, 1.82) is 0 Å². The number of alkyl carbamates (subject to hydrolysis) is 1. The molecule has 0 aliphatic heterocycles. The Kier molecular flexibility index (Phi) is 9.06. The van der Waals surface area contributed by atoms with Crippen molar-refractivity contribution in [3.63, 3.8) is 0 Å². The molecule has 214 valence electrons. The minimum Gasteiger partial charge on any atom is -0.476 e. The standard InChI is InChI=1S/C26H38N4O8Si/c1-14(2)39(15(3)4,16(5)6)37-13-19(30-25(33)38-26(7,8)9)23-28-17(10-35-23)21-27-18(11-34-21)22-29-20(12-36-22)24(31)32/h10-12,14-16,19H,13H2,1-9H3,(H,30,33)(H,31,32). The zero-order valence-corrected chi connectivity index (χ0v) is 24.9. The molecule has 0 saturated heterocycles. The minimum absolute atomic E-state index is 0.0126. The molecule has 3 heterocycles. The number of nitrogens with one attached hydrogen (secondary N) is 1. The maximum Gasteiger partial charge on any atom is 0.408 e. The average Bonchev–Trinajstić information content (AvgIpc) is 3.56. The van der Waals surface area contributed by atoms with Crippen LogP contribution in [0.1, 0.15) is 84.7 Å². The zero-order chi connectivity index (χ0) is 29.1. The van der Waals surface area contributed by atoms with Crippen LogP contribution in [0.25, 0.3) is 23.2 Å². The molecule has 0 aliphatic rings. The first-order valence-electron chi connectivity index (χ1n) is 12.9. The Hall–Kier alpha value is -3.45. The SMILES string of the molecule is CC(C)[Si](OCC(NC(=O)OC(C)(C)C)c1nc(-c2nc(-c3nc(C(=O)O)co3)co2)co1)(C(C)C)C(C)C. The van der Waals surface area contributed by atoms with E-state index in [4.69, 9.17) is 27.5 Å². The Labute approximate surface area is 228 Å². The molecule has 0 fully saturated rings. The lowest BCUT2D eigenvalue weighted by atomic mass is 10.2. The van der Waals surface area contributed by atoms with E-state index in [0.717, 1.165) is 6.26 Å². The predicted octanol–water partition coefficient (Wildman–Crippen LogP) is 6.44. The zero-order valence-electron chi connectivity index (χ0n) is 23.9. The molecular weight excluding hydrogens is 524 g/mol. The molecule has 1 atom stereocenters. The van der Waals surface area contributed by atoms with Gasteiger partial charge in [-0.2, -0.15) is 0 Å². The van der Waals surface area contributed by atoms with Crippen LogP contribution in [0.2, 0.25) is 16.6 Å². The lowest BCUT2D eigenvalue weighted by molar-refractivity contribution is 0.0471. The van der Waals surface area contributed by atoms with E-state index >= 15 is 0 Å². The first-order valence-corrected chi connectivity index (χ1v) is 15.0. The van der Waals surface area contributed by atoms with Gasteiger partial charge in [0.05, 0.1) is 6.61 Å². The molecule has 3 aromatic rings. The molecule has 2 N–H and O–H groups in total. The van der Waals surface area contributed by atoms with Crippen LogP contribution >= 0.6 is 0 Å². The molecule has 3 aromatic heterocycles. The number of carbonyl (C=O) groups excluding carboxylic acids is 1. The third-order valence-electron chi connectivity index (χ3n) is 6.38. The van der Waals surface area contributed by atoms with E-state index in [0.29, 0.717) is 16.6 Å². The van der Waals surface area contributed by atoms with Crippen molar-refractivity contribution in [3.8, 4) is 23.2 Å². The summed E-state index contributed by atoms with van der Waals surface area (Å²) < 4.78 is 28.6. The van der Waals surface area contributed by atoms with Gasteiger partial charge in [-0.1, -0.05) is 41.5 Å². The molecular formula is C26H38N4O8Si. The summed E-state index contributed by atoms with van der Waals surface area (Å²) in [7, 11) is -2.27. The molecule has 0 bridgehead atoms. The second kappa shape index (κ2) is 11.7. The number of amides is 1. The number of aromatic carboxylic acids is 1. The van der Waals surface area contributed by atoms with Crippen LogP contribution in [-0.4, -0.2) is 52.6 Å². The number of hydrogen-bond donors (Lipinski definition) is 2. The Morgan fingerprint density at radius 3 is 1.97 bits per heavy atom. The van der Waals surface area contributed by atoms with E-state index in [1.165, 1.54) is 12.5 Å². The largest absolute Gasteiger partial charge is 0.476 e. The first kappa shape index (κ1) is 30.1. The third kappa shape index (κ3) is 6.95. The fraction of sp³-hybridized carbons (Fsp3) is 0.577. The summed E-state index contributed by atoms with van der Waals surface area (Å²) in [4.78, 5) is 36.5. The number of rotatable bonds is 11. The molecule has 12 nitrogen and oxygen atoms in total. The van der Waals surface area contributed by atoms with Crippen molar-refractivity contribution >= 4 is 20.4 Å². The van der Waals surface area contributed by atoms with E-state index in [9.17, 15) is 9.59 Å². The molecule has 39 heavy (non-hydrogen) atoms. The van der Waals surface area contributed by atoms with Crippen molar-refractivity contribution in [2.45, 2.75) is 90.6 Å². The van der Waals surface area contributed by atoms with Crippen molar-refractivity contribution in [3.05, 3.63) is 30.4 Å². The summed E-state index contributed by atoms with van der Waals surface area (Å²) in [5, 5.41) is 11.9. The molecule has 3 rings (SSSR count). The van der Waals surface area contributed by atoms with Gasteiger partial charge in [-0.05, 0) is 37.4 Å². The van der Waals surface area contributed by atoms with Crippen molar-refractivity contribution in [1.82, 2.24) is 20.3 Å². The second-order valence-electron chi connectivity index (χ2n) is 11.3. The third-order valence-corrected chi connectivity index (χ3v) is 12.5. The summed E-state index contributed by atoms with van der Waals surface area (Å²) in [6.45, 7) is 18.6. The molecule has 0 aromatic carbocycles. The highest BCUT2D eigenvalue weighted by Crippen LogP contribution is 2.42. The molecule has 0 aliphatic carbocycles. The van der Waals surface area contributed by atoms with E-state index in [-0.39, 0.29) is 41.4 Å². The van der Waals surface area contributed by atoms with Gasteiger partial charge in [-0.3, -0.25) is 0 Å². The quantitative estimate of drug-likeness (QED) is 0.247. The number of oxazole rings is 3. The number of ether oxygens (including phenoxy) is 1. The van der Waals surface area contributed by atoms with Gasteiger partial charge in [0.2, 0.25) is 17.7 Å². The number of nitrogens with zero attached hydrogens (tertiary/aromatic N) is 3. The Morgan fingerprint density at radius 1 is 0.897 bits per heavy atom. The Balaban J connectivity index is 1.88. The number of aromatic nitrogens is 3. The fourth-order valence-electron chi connectivity index (χ4n) is 4.88. The van der Waals surface area contributed by atoms with E-state index in [2.05, 4.69) is 61.8 Å². The van der Waals surface area contributed by atoms with Crippen LogP contribution in [0.4, 0.5) is 4.79 Å². The number of hydrogen-bond acceptors (Lipinski definition) is 10. The van der Waals surface area contributed by atoms with Crippen LogP contribution in [-0.2, 0) is 9.16 Å². The molecule has 1 amide bonds. The summed E-state index contributed by atoms with van der Waals surface area (Å²) >= 11 is 0. The van der Waals surface area contributed by atoms with Crippen molar-refractivity contribution in [2.75, 3.05) is 6.61 Å². The van der Waals surface area contributed by atoms with E-state index < -0.39 is 32.0 Å². The predicted molar refractivity (Wildman–Crippen MR) is 144 cm³/mol. The average molecular weight is 563 g/mol. The lowest BCUT2D eigenvalue weighted by Gasteiger charge is -2.42. The van der Waals surface area contributed by atoms with Gasteiger partial charge in [0, 0.05) is 0 Å². The summed E-state index contributed by atoms with van der Waals surface area (Å²) in [5.41, 5.74) is 0.511. The smallest absolute Gasteiger partial charge is 0.408 e. The number of carboxylic acid groups (broad SMARTS) is 1. The highest BCUT2D eigenvalue weighted by atomic mass is 28.4. The minimum atomic E-state index is -2.27. The first-order chi connectivity index (χ1) is 18.1. The van der Waals surface area contributed by atoms with Gasteiger partial charge in [-0.25, -0.2) is 24.5 Å². The normalized spacial score (nSPS) is 13.3. The second-order valence-corrected chi connectivity index (χ2v) is 16.7. The Morgan fingerprint density at radius 2 is 1.44 bits per heavy atom. The topological polar surface area (TPSA) is 163 Å². The van der Waals surface area contributed by atoms with Gasteiger partial charge < -0.3 is 32.8 Å². The maximum absolute atomic E-state index is 12.7. The highest BCUT2D eigenvalue weighted by molar-refractivity contribution is 6.77. The van der Waals surface area contributed by atoms with Crippen LogP contribution < -0.4 is 5.32 Å². The Bertz CT molecular complexity index is 1250. The van der Waals surface area contributed by atoms with E-state index in [1.807, 2.05) is 0 Å². The molecule has 0 saturated carbocycles. The highest BCUT2D eigenvalue weighted by Gasteiger charge is 2.45. The van der Waals surface area contributed by atoms with Crippen molar-refractivity contribution < 1.29 is 37.1 Å². The molecule has 13 heteroatoms. The monoisotopic (exact) mass is 562 g/mol. The van der Waals surface area contributed by atoms with Crippen LogP contribution in [0, 0.1) is 0 Å². The molecule has 0 radical (unpaired) electrons. The lowest BCUT2D eigenvalue weighted by Crippen LogP contribution is -2.49. The van der Waals surface area contributed by atoms with Gasteiger partial charge in [0.1, 0.15) is 30.4 Å². The van der Waals surface area contributed by atoms with Gasteiger partial charge in [-0.15, -0.1) is 0 Å². The number of carboxylic acids is 1. The van der Waals surface area contributed by atoms with Gasteiger partial charge in [0.25, 0.3) is 0 Å². The van der Waals surface area contributed by atoms with Crippen LogP contribution in [0.15, 0.2) is 32.0 Å². The fourth-order valence-corrected chi connectivity index (χ4v) is 10.3. The summed E-state index contributed by atoms with van der Waals surface area (Å²) in [5.74, 6) is -0.942. The summed E-state index contributed by atoms with van der Waals surface area (Å²) in [6, 6.07) is -0.740. The molecule has 0 spiro atoms. The van der Waals surface area contributed by atoms with Gasteiger partial charge >= 0.3 is 12.1 Å². The van der Waals surface area contributed by atoms with Crippen LogP contribution in [0.5, 0.6) is 0 Å². The van der Waals surface area contributed by atoms with Crippen molar-refractivity contribution in [2.24, 2.45) is 0 Å². The number of carbonyl (C=O) groups is 2. The van der Waals surface area contributed by atoms with Crippen LogP contribution in [0.3, 0.4) is 0 Å². The summed E-state index contributed by atoms with van der Waals surface area (Å²) in [6.07, 6.45) is 3.01. The van der Waals surface area contributed by atoms with Gasteiger partial charge in [0.15, 0.2) is 25.4 Å². The molecule has 1 unspecified atom stereocenters. The maximum atomic E-state index is 12.7. The van der Waals surface area contributed by atoms with E-state index in [1.54, 1.807) is 20.8 Å².